The summed E-state index contributed by atoms with van der Waals surface area (Å²) < 4.78 is 14.5. The summed E-state index contributed by atoms with van der Waals surface area (Å²) >= 11 is 0. The summed E-state index contributed by atoms with van der Waals surface area (Å²) in [6.45, 7) is 0. The van der Waals surface area contributed by atoms with Gasteiger partial charge < -0.3 is 10.6 Å². The Kier molecular flexibility index (Phi) is 5.09. The van der Waals surface area contributed by atoms with Crippen molar-refractivity contribution in [2.75, 3.05) is 4.90 Å². The first-order chi connectivity index (χ1) is 12.2. The molecule has 0 aliphatic carbocycles. The molecule has 1 atom stereocenters. The number of carbonyl (C=O) groups excluding carboxylic acids is 1. The maximum absolute atomic E-state index is 14.5. The van der Waals surface area contributed by atoms with Crippen molar-refractivity contribution in [2.24, 2.45) is 5.73 Å². The Morgan fingerprint density at radius 2 is 1.44 bits per heavy atom. The number of primary amides is 1. The third-order valence-electron chi connectivity index (χ3n) is 4.06. The van der Waals surface area contributed by atoms with E-state index in [1.54, 1.807) is 23.1 Å². The van der Waals surface area contributed by atoms with Crippen molar-refractivity contribution >= 4 is 17.3 Å². The van der Waals surface area contributed by atoms with Crippen molar-refractivity contribution in [2.45, 2.75) is 12.5 Å². The maximum atomic E-state index is 14.5. The Labute approximate surface area is 146 Å². The first kappa shape index (κ1) is 16.7. The van der Waals surface area contributed by atoms with Crippen LogP contribution in [0.4, 0.5) is 15.8 Å². The van der Waals surface area contributed by atoms with Crippen LogP contribution in [0.3, 0.4) is 0 Å². The number of nitrogens with zero attached hydrogens (tertiary/aromatic N) is 1. The minimum absolute atomic E-state index is 0.327. The van der Waals surface area contributed by atoms with Gasteiger partial charge >= 0.3 is 0 Å². The third kappa shape index (κ3) is 3.86. The molecule has 2 N–H and O–H groups in total. The van der Waals surface area contributed by atoms with Gasteiger partial charge in [-0.15, -0.1) is 0 Å². The largest absolute Gasteiger partial charge is 0.368 e. The SMILES string of the molecule is NC(=O)[C@H](Cc1ccccc1)N(c1ccccc1)c1ccccc1F. The monoisotopic (exact) mass is 334 g/mol. The molecule has 0 saturated heterocycles. The fourth-order valence-corrected chi connectivity index (χ4v) is 2.88. The van der Waals surface area contributed by atoms with Crippen molar-refractivity contribution < 1.29 is 9.18 Å². The number of amides is 1. The molecule has 0 fully saturated rings. The summed E-state index contributed by atoms with van der Waals surface area (Å²) in [7, 11) is 0. The molecule has 3 aromatic carbocycles. The molecular formula is C21H19FN2O. The minimum Gasteiger partial charge on any atom is -0.368 e. The highest BCUT2D eigenvalue weighted by atomic mass is 19.1. The molecule has 0 saturated carbocycles. The Morgan fingerprint density at radius 1 is 0.880 bits per heavy atom. The second-order valence-electron chi connectivity index (χ2n) is 5.76. The van der Waals surface area contributed by atoms with E-state index in [1.165, 1.54) is 6.07 Å². The molecule has 0 spiro atoms. The van der Waals surface area contributed by atoms with Crippen molar-refractivity contribution in [3.63, 3.8) is 0 Å². The molecule has 0 unspecified atom stereocenters. The van der Waals surface area contributed by atoms with Gasteiger partial charge in [0.2, 0.25) is 5.91 Å². The molecule has 0 aromatic heterocycles. The summed E-state index contributed by atoms with van der Waals surface area (Å²) in [4.78, 5) is 13.9. The van der Waals surface area contributed by atoms with E-state index < -0.39 is 17.8 Å². The second kappa shape index (κ2) is 7.62. The summed E-state index contributed by atoms with van der Waals surface area (Å²) in [5, 5.41) is 0. The van der Waals surface area contributed by atoms with E-state index in [4.69, 9.17) is 5.73 Å². The molecule has 0 aliphatic heterocycles. The van der Waals surface area contributed by atoms with Gasteiger partial charge in [-0.05, 0) is 29.8 Å². The molecule has 3 nitrogen and oxygen atoms in total. The van der Waals surface area contributed by atoms with Gasteiger partial charge in [-0.25, -0.2) is 4.39 Å². The molecular weight excluding hydrogens is 315 g/mol. The van der Waals surface area contributed by atoms with Gasteiger partial charge in [-0.1, -0.05) is 60.7 Å². The number of carbonyl (C=O) groups is 1. The van der Waals surface area contributed by atoms with Crippen molar-refractivity contribution in [1.29, 1.82) is 0 Å². The zero-order chi connectivity index (χ0) is 17.6. The second-order valence-corrected chi connectivity index (χ2v) is 5.76. The maximum Gasteiger partial charge on any atom is 0.240 e. The number of benzene rings is 3. The number of halogens is 1. The van der Waals surface area contributed by atoms with Crippen LogP contribution in [0.5, 0.6) is 0 Å². The topological polar surface area (TPSA) is 46.3 Å². The lowest BCUT2D eigenvalue weighted by Gasteiger charge is -2.32. The van der Waals surface area contributed by atoms with Gasteiger partial charge in [-0.3, -0.25) is 4.79 Å². The highest BCUT2D eigenvalue weighted by molar-refractivity contribution is 5.87. The molecule has 3 rings (SSSR count). The molecule has 1 amide bonds. The Balaban J connectivity index is 2.08. The van der Waals surface area contributed by atoms with Crippen LogP contribution in [-0.4, -0.2) is 11.9 Å². The average Bonchev–Trinajstić information content (AvgIpc) is 2.64. The van der Waals surface area contributed by atoms with E-state index in [-0.39, 0.29) is 0 Å². The van der Waals surface area contributed by atoms with Gasteiger partial charge in [-0.2, -0.15) is 0 Å². The number of anilines is 2. The van der Waals surface area contributed by atoms with Crippen LogP contribution < -0.4 is 10.6 Å². The van der Waals surface area contributed by atoms with Crippen molar-refractivity contribution in [3.8, 4) is 0 Å². The van der Waals surface area contributed by atoms with E-state index in [0.29, 0.717) is 17.8 Å². The quantitative estimate of drug-likeness (QED) is 0.739. The van der Waals surface area contributed by atoms with Crippen LogP contribution in [0, 0.1) is 5.82 Å². The van der Waals surface area contributed by atoms with Crippen molar-refractivity contribution in [3.05, 3.63) is 96.3 Å². The van der Waals surface area contributed by atoms with E-state index in [2.05, 4.69) is 0 Å². The fraction of sp³-hybridized carbons (Fsp3) is 0.0952. The summed E-state index contributed by atoms with van der Waals surface area (Å²) in [5.41, 5.74) is 7.71. The first-order valence-electron chi connectivity index (χ1n) is 8.09. The van der Waals surface area contributed by atoms with Crippen molar-refractivity contribution in [1.82, 2.24) is 0 Å². The first-order valence-corrected chi connectivity index (χ1v) is 8.09. The van der Waals surface area contributed by atoms with E-state index in [9.17, 15) is 9.18 Å². The minimum atomic E-state index is -0.707. The Bertz CT molecular complexity index is 837. The van der Waals surface area contributed by atoms with E-state index in [0.717, 1.165) is 5.56 Å². The smallest absolute Gasteiger partial charge is 0.240 e. The molecule has 4 heteroatoms. The normalized spacial score (nSPS) is 11.7. The van der Waals surface area contributed by atoms with Gasteiger partial charge in [0.25, 0.3) is 0 Å². The Hall–Kier alpha value is -3.14. The predicted octanol–water partition coefficient (Wildman–Crippen LogP) is 4.06. The van der Waals surface area contributed by atoms with Crippen LogP contribution >= 0.6 is 0 Å². The molecule has 25 heavy (non-hydrogen) atoms. The van der Waals surface area contributed by atoms with Gasteiger partial charge in [0.05, 0.1) is 5.69 Å². The van der Waals surface area contributed by atoms with E-state index >= 15 is 0 Å². The highest BCUT2D eigenvalue weighted by Gasteiger charge is 2.27. The van der Waals surface area contributed by atoms with Crippen LogP contribution in [0.15, 0.2) is 84.9 Å². The number of nitrogens with two attached hydrogens (primary N) is 1. The molecule has 0 aliphatic rings. The fourth-order valence-electron chi connectivity index (χ4n) is 2.88. The number of para-hydroxylation sites is 2. The summed E-state index contributed by atoms with van der Waals surface area (Å²) in [5.74, 6) is -0.901. The molecule has 3 aromatic rings. The lowest BCUT2D eigenvalue weighted by Crippen LogP contribution is -2.44. The Morgan fingerprint density at radius 3 is 2.04 bits per heavy atom. The standard InChI is InChI=1S/C21H19FN2O/c22-18-13-7-8-14-19(18)24(17-11-5-2-6-12-17)20(21(23)25)15-16-9-3-1-4-10-16/h1-14,20H,15H2,(H2,23,25)/t20-/m0/s1. The lowest BCUT2D eigenvalue weighted by atomic mass is 10.0. The van der Waals surface area contributed by atoms with E-state index in [1.807, 2.05) is 60.7 Å². The summed E-state index contributed by atoms with van der Waals surface area (Å²) in [6, 6.07) is 24.5. The predicted molar refractivity (Wildman–Crippen MR) is 98.1 cm³/mol. The number of hydrogen-bond donors (Lipinski definition) is 1. The molecule has 0 radical (unpaired) electrons. The van der Waals surface area contributed by atoms with Gasteiger partial charge in [0, 0.05) is 12.1 Å². The third-order valence-corrected chi connectivity index (χ3v) is 4.06. The number of hydrogen-bond acceptors (Lipinski definition) is 2. The molecule has 126 valence electrons. The van der Waals surface area contributed by atoms with Crippen LogP contribution in [0.1, 0.15) is 5.56 Å². The van der Waals surface area contributed by atoms with Gasteiger partial charge in [0.15, 0.2) is 0 Å². The van der Waals surface area contributed by atoms with Gasteiger partial charge in [0.1, 0.15) is 11.9 Å². The number of rotatable bonds is 6. The lowest BCUT2D eigenvalue weighted by molar-refractivity contribution is -0.119. The average molecular weight is 334 g/mol. The summed E-state index contributed by atoms with van der Waals surface area (Å²) in [6.07, 6.45) is 0.388. The molecule has 0 bridgehead atoms. The highest BCUT2D eigenvalue weighted by Crippen LogP contribution is 2.31. The zero-order valence-electron chi connectivity index (χ0n) is 13.7. The molecule has 0 heterocycles. The van der Waals surface area contributed by atoms with Crippen LogP contribution in [-0.2, 0) is 11.2 Å². The van der Waals surface area contributed by atoms with Crippen LogP contribution in [0.25, 0.3) is 0 Å². The van der Waals surface area contributed by atoms with Crippen LogP contribution in [0.2, 0.25) is 0 Å². The zero-order valence-corrected chi connectivity index (χ0v) is 13.7.